The van der Waals surface area contributed by atoms with Crippen molar-refractivity contribution >= 4 is 21.8 Å². The molecule has 1 saturated heterocycles. The summed E-state index contributed by atoms with van der Waals surface area (Å²) in [4.78, 5) is 23.6. The maximum atomic E-state index is 12.1. The van der Waals surface area contributed by atoms with E-state index in [1.807, 2.05) is 30.3 Å². The van der Waals surface area contributed by atoms with Crippen molar-refractivity contribution in [3.8, 4) is 0 Å². The van der Waals surface area contributed by atoms with Crippen molar-refractivity contribution in [3.63, 3.8) is 0 Å². The number of benzene rings is 1. The Morgan fingerprint density at radius 1 is 1.35 bits per heavy atom. The lowest BCUT2D eigenvalue weighted by molar-refractivity contribution is -0.130. The molecule has 6 nitrogen and oxygen atoms in total. The van der Waals surface area contributed by atoms with Gasteiger partial charge in [0.15, 0.2) is 0 Å². The molecule has 1 unspecified atom stereocenters. The maximum absolute atomic E-state index is 12.1. The fourth-order valence-electron chi connectivity index (χ4n) is 2.22. The first-order chi connectivity index (χ1) is 9.39. The second-order valence-electron chi connectivity index (χ2n) is 4.71. The summed E-state index contributed by atoms with van der Waals surface area (Å²) in [7, 11) is -3.71. The minimum absolute atomic E-state index is 0.0799. The molecule has 0 radical (unpaired) electrons. The van der Waals surface area contributed by atoms with Crippen LogP contribution >= 0.6 is 0 Å². The fraction of sp³-hybridized carbons (Fsp3) is 0.385. The summed E-state index contributed by atoms with van der Waals surface area (Å²) in [5.74, 6) is -0.961. The van der Waals surface area contributed by atoms with Crippen LogP contribution in [0.4, 0.5) is 0 Å². The van der Waals surface area contributed by atoms with E-state index in [0.29, 0.717) is 10.8 Å². The smallest absolute Gasteiger partial charge is 0.244 e. The minimum Gasteiger partial charge on any atom is -0.350 e. The van der Waals surface area contributed by atoms with Gasteiger partial charge in [-0.3, -0.25) is 9.59 Å². The van der Waals surface area contributed by atoms with Crippen LogP contribution < -0.4 is 5.32 Å². The van der Waals surface area contributed by atoms with Crippen molar-refractivity contribution < 1.29 is 18.0 Å². The van der Waals surface area contributed by atoms with E-state index >= 15 is 0 Å². The Balaban J connectivity index is 2.04. The molecule has 1 aromatic carbocycles. The van der Waals surface area contributed by atoms with Gasteiger partial charge < -0.3 is 5.32 Å². The molecular weight excluding hydrogens is 280 g/mol. The van der Waals surface area contributed by atoms with Gasteiger partial charge in [0.05, 0.1) is 6.26 Å². The van der Waals surface area contributed by atoms with Crippen molar-refractivity contribution in [2.24, 2.45) is 0 Å². The van der Waals surface area contributed by atoms with Crippen LogP contribution in [0, 0.1) is 0 Å². The Kier molecular flexibility index (Phi) is 4.08. The van der Waals surface area contributed by atoms with Crippen LogP contribution in [0.15, 0.2) is 30.3 Å². The monoisotopic (exact) mass is 296 g/mol. The molecule has 1 aliphatic heterocycles. The SMILES string of the molecule is CS(=O)(=O)N1C(=O)CCC1C(=O)NCc1ccccc1. The van der Waals surface area contributed by atoms with Crippen molar-refractivity contribution in [2.45, 2.75) is 25.4 Å². The topological polar surface area (TPSA) is 83.6 Å². The Labute approximate surface area is 117 Å². The normalized spacial score (nSPS) is 19.1. The summed E-state index contributed by atoms with van der Waals surface area (Å²) >= 11 is 0. The summed E-state index contributed by atoms with van der Waals surface area (Å²) in [5.41, 5.74) is 0.913. The van der Waals surface area contributed by atoms with Crippen molar-refractivity contribution in [1.29, 1.82) is 0 Å². The molecule has 2 rings (SSSR count). The first kappa shape index (κ1) is 14.5. The fourth-order valence-corrected chi connectivity index (χ4v) is 3.34. The standard InChI is InChI=1S/C13H16N2O4S/c1-20(18,19)15-11(7-8-12(15)16)13(17)14-9-10-5-3-2-4-6-10/h2-6,11H,7-9H2,1H3,(H,14,17). The summed E-state index contributed by atoms with van der Waals surface area (Å²) < 4.78 is 23.8. The molecule has 1 fully saturated rings. The first-order valence-electron chi connectivity index (χ1n) is 6.23. The Hall–Kier alpha value is -1.89. The zero-order valence-corrected chi connectivity index (χ0v) is 11.9. The van der Waals surface area contributed by atoms with Crippen molar-refractivity contribution in [2.75, 3.05) is 6.26 Å². The summed E-state index contributed by atoms with van der Waals surface area (Å²) in [6, 6.07) is 8.35. The van der Waals surface area contributed by atoms with Gasteiger partial charge in [-0.15, -0.1) is 0 Å². The van der Waals surface area contributed by atoms with Crippen LogP contribution in [0.1, 0.15) is 18.4 Å². The summed E-state index contributed by atoms with van der Waals surface area (Å²) in [5, 5.41) is 2.67. The molecule has 0 spiro atoms. The van der Waals surface area contributed by atoms with Crippen LogP contribution in [0.3, 0.4) is 0 Å². The van der Waals surface area contributed by atoms with E-state index in [1.165, 1.54) is 0 Å². The highest BCUT2D eigenvalue weighted by molar-refractivity contribution is 7.89. The third-order valence-electron chi connectivity index (χ3n) is 3.13. The highest BCUT2D eigenvalue weighted by Gasteiger charge is 2.41. The van der Waals surface area contributed by atoms with Gasteiger partial charge in [-0.2, -0.15) is 0 Å². The number of carbonyl (C=O) groups excluding carboxylic acids is 2. The molecule has 2 amide bonds. The predicted molar refractivity (Wildman–Crippen MR) is 73.0 cm³/mol. The summed E-state index contributed by atoms with van der Waals surface area (Å²) in [6.45, 7) is 0.308. The van der Waals surface area contributed by atoms with Crippen LogP contribution in [0.2, 0.25) is 0 Å². The molecule has 0 aromatic heterocycles. The lowest BCUT2D eigenvalue weighted by Gasteiger charge is -2.21. The summed E-state index contributed by atoms with van der Waals surface area (Å²) in [6.07, 6.45) is 1.25. The molecule has 1 aliphatic rings. The van der Waals surface area contributed by atoms with Gasteiger partial charge >= 0.3 is 0 Å². The molecule has 20 heavy (non-hydrogen) atoms. The lowest BCUT2D eigenvalue weighted by Crippen LogP contribution is -2.46. The Morgan fingerprint density at radius 3 is 2.60 bits per heavy atom. The molecule has 0 aliphatic carbocycles. The Morgan fingerprint density at radius 2 is 2.00 bits per heavy atom. The third kappa shape index (κ3) is 3.16. The molecule has 0 bridgehead atoms. The van der Waals surface area contributed by atoms with E-state index in [2.05, 4.69) is 5.32 Å². The van der Waals surface area contributed by atoms with E-state index in [0.717, 1.165) is 11.8 Å². The molecule has 7 heteroatoms. The molecule has 1 aromatic rings. The largest absolute Gasteiger partial charge is 0.350 e. The van der Waals surface area contributed by atoms with Gasteiger partial charge in [0.25, 0.3) is 0 Å². The highest BCUT2D eigenvalue weighted by atomic mass is 32.2. The van der Waals surface area contributed by atoms with Crippen molar-refractivity contribution in [1.82, 2.24) is 9.62 Å². The number of amides is 2. The number of carbonyl (C=O) groups is 2. The number of rotatable bonds is 4. The number of nitrogens with zero attached hydrogens (tertiary/aromatic N) is 1. The van der Waals surface area contributed by atoms with E-state index in [1.54, 1.807) is 0 Å². The lowest BCUT2D eigenvalue weighted by atomic mass is 10.2. The second kappa shape index (κ2) is 5.62. The molecule has 0 saturated carbocycles. The van der Waals surface area contributed by atoms with Crippen LogP contribution in [-0.2, 0) is 26.2 Å². The van der Waals surface area contributed by atoms with E-state index in [-0.39, 0.29) is 12.8 Å². The second-order valence-corrected chi connectivity index (χ2v) is 6.57. The molecular formula is C13H16N2O4S. The van der Waals surface area contributed by atoms with Gasteiger partial charge in [-0.1, -0.05) is 30.3 Å². The van der Waals surface area contributed by atoms with Gasteiger partial charge in [0.2, 0.25) is 21.8 Å². The molecule has 108 valence electrons. The number of hydrogen-bond donors (Lipinski definition) is 1. The molecule has 1 atom stereocenters. The van der Waals surface area contributed by atoms with Gasteiger partial charge in [-0.05, 0) is 12.0 Å². The van der Waals surface area contributed by atoms with Gasteiger partial charge in [-0.25, -0.2) is 12.7 Å². The number of nitrogens with one attached hydrogen (secondary N) is 1. The van der Waals surface area contributed by atoms with Crippen LogP contribution in [0.25, 0.3) is 0 Å². The van der Waals surface area contributed by atoms with Crippen LogP contribution in [0.5, 0.6) is 0 Å². The van der Waals surface area contributed by atoms with E-state index in [4.69, 9.17) is 0 Å². The van der Waals surface area contributed by atoms with E-state index < -0.39 is 27.9 Å². The predicted octanol–water partition coefficient (Wildman–Crippen LogP) is 0.253. The quantitative estimate of drug-likeness (QED) is 0.863. The maximum Gasteiger partial charge on any atom is 0.244 e. The average Bonchev–Trinajstić information content (AvgIpc) is 2.79. The zero-order chi connectivity index (χ0) is 14.8. The third-order valence-corrected chi connectivity index (χ3v) is 4.30. The zero-order valence-electron chi connectivity index (χ0n) is 11.1. The molecule has 1 N–H and O–H groups in total. The number of sulfonamides is 1. The van der Waals surface area contributed by atoms with E-state index in [9.17, 15) is 18.0 Å². The number of hydrogen-bond acceptors (Lipinski definition) is 4. The minimum atomic E-state index is -3.71. The first-order valence-corrected chi connectivity index (χ1v) is 8.08. The Bertz CT molecular complexity index is 613. The van der Waals surface area contributed by atoms with Crippen LogP contribution in [-0.4, -0.2) is 36.8 Å². The van der Waals surface area contributed by atoms with Gasteiger partial charge in [0, 0.05) is 13.0 Å². The van der Waals surface area contributed by atoms with Crippen molar-refractivity contribution in [3.05, 3.63) is 35.9 Å². The van der Waals surface area contributed by atoms with Gasteiger partial charge in [0.1, 0.15) is 6.04 Å². The highest BCUT2D eigenvalue weighted by Crippen LogP contribution is 2.22. The molecule has 1 heterocycles. The average molecular weight is 296 g/mol.